The van der Waals surface area contributed by atoms with Crippen LogP contribution in [-0.2, 0) is 70.6 Å². The molecule has 27 nitrogen and oxygen atoms in total. The van der Waals surface area contributed by atoms with Gasteiger partial charge in [-0.15, -0.1) is 20.4 Å². The van der Waals surface area contributed by atoms with E-state index in [-0.39, 0.29) is 82.1 Å². The number of amides is 6. The Morgan fingerprint density at radius 3 is 1.56 bits per heavy atom. The van der Waals surface area contributed by atoms with Gasteiger partial charge in [-0.3, -0.25) is 52.7 Å². The number of aromatic nitrogens is 8. The molecule has 1 aliphatic rings. The van der Waals surface area contributed by atoms with E-state index in [2.05, 4.69) is 55.3 Å². The fourth-order valence-corrected chi connectivity index (χ4v) is 13.3. The van der Waals surface area contributed by atoms with Gasteiger partial charge in [0.2, 0.25) is 35.4 Å². The summed E-state index contributed by atoms with van der Waals surface area (Å²) in [5.41, 5.74) is 0. The maximum Gasteiger partial charge on any atom is 0.245 e. The average molecular weight is 1440 g/mol. The minimum Gasteiger partial charge on any atom is -0.392 e. The van der Waals surface area contributed by atoms with Crippen LogP contribution in [0, 0.1) is 65.1 Å². The van der Waals surface area contributed by atoms with Crippen molar-refractivity contribution in [2.75, 3.05) is 34.8 Å². The number of carbonyl (C=O) groups excluding carboxylic acids is 11. The Labute approximate surface area is 608 Å². The molecular weight excluding hydrogens is 1300 g/mol. The van der Waals surface area contributed by atoms with Gasteiger partial charge in [-0.25, -0.2) is 0 Å². The summed E-state index contributed by atoms with van der Waals surface area (Å²) in [4.78, 5) is 169. The van der Waals surface area contributed by atoms with Crippen molar-refractivity contribution in [1.29, 1.82) is 0 Å². The minimum absolute atomic E-state index is 0.0813. The number of unbranched alkanes of at least 4 members (excludes halogenated alkanes) is 2. The van der Waals surface area contributed by atoms with Gasteiger partial charge in [0.15, 0.2) is 41.6 Å². The number of allylic oxidation sites excluding steroid dienone is 2. The predicted molar refractivity (Wildman–Crippen MR) is 390 cm³/mol. The summed E-state index contributed by atoms with van der Waals surface area (Å²) in [5, 5.41) is 40.5. The molecule has 1 aliphatic heterocycles. The lowest BCUT2D eigenvalue weighted by atomic mass is 9.82. The summed E-state index contributed by atoms with van der Waals surface area (Å²) in [6, 6.07) is -6.71. The van der Waals surface area contributed by atoms with E-state index in [9.17, 15) is 57.8 Å². The normalized spacial score (nSPS) is 24.6. The van der Waals surface area contributed by atoms with Crippen LogP contribution in [0.1, 0.15) is 227 Å². The number of aryl methyl sites for hydroxylation is 2. The van der Waals surface area contributed by atoms with Gasteiger partial charge >= 0.3 is 0 Å². The van der Waals surface area contributed by atoms with Crippen LogP contribution in [0.2, 0.25) is 0 Å². The Hall–Kier alpha value is -7.03. The highest BCUT2D eigenvalue weighted by atomic mass is 16.5. The number of ketones is 5. The molecule has 0 saturated carbocycles. The Morgan fingerprint density at radius 2 is 1.07 bits per heavy atom. The summed E-state index contributed by atoms with van der Waals surface area (Å²) in [6.45, 7) is 34.4. The quantitative estimate of drug-likeness (QED) is 0.0623. The van der Waals surface area contributed by atoms with Crippen LogP contribution in [0.4, 0.5) is 0 Å². The largest absolute Gasteiger partial charge is 0.392 e. The van der Waals surface area contributed by atoms with E-state index in [0.717, 1.165) is 18.9 Å². The van der Waals surface area contributed by atoms with Crippen LogP contribution in [-0.4, -0.2) is 213 Å². The second-order valence-electron chi connectivity index (χ2n) is 30.8. The molecule has 3 heterocycles. The molecule has 0 aromatic carbocycles. The number of nitrogens with zero attached hydrogens (tertiary/aromatic N) is 12. The van der Waals surface area contributed by atoms with Gasteiger partial charge in [-0.05, 0) is 124 Å². The number of likely N-dealkylation sites (N-methyl/N-ethyl adjacent to an activating group) is 4. The van der Waals surface area contributed by atoms with Gasteiger partial charge in [0.05, 0.1) is 55.4 Å². The van der Waals surface area contributed by atoms with E-state index >= 15 is 0 Å². The van der Waals surface area contributed by atoms with E-state index in [0.29, 0.717) is 25.8 Å². The highest BCUT2D eigenvalue weighted by Gasteiger charge is 2.43. The van der Waals surface area contributed by atoms with Crippen LogP contribution in [0.5, 0.6) is 0 Å². The molecule has 6 amide bonds. The SMILES string of the molecule is C/C=C/C[C@@H](C)[C@@H](O)[C@@H]1CC(=O)[C@H](C(C)C)N(C)C(=O)[C@H](CC(C)C)CC(=O)[C@H](CC(C)C)N(C)C(=O)[C@@H](C)NC(=O)[C@H](C)CC(=O)[C@H](CC(C)C)N(C)C(=O)[C@H](C(C)C)CC(=O)[C@H]([C@@H](C)OCCCCn2ncnn2)N(C)C(=O)CCC(=O)[C@H](CC)NC1=O.CC(C)CCCCn1ncnn1. The molecule has 578 valence electrons. The van der Waals surface area contributed by atoms with Crippen LogP contribution in [0.3, 0.4) is 0 Å². The number of tetrazole rings is 2. The smallest absolute Gasteiger partial charge is 0.245 e. The topological polar surface area (TPSA) is 341 Å². The minimum atomic E-state index is -1.39. The number of ether oxygens (including phenoxy) is 1. The zero-order valence-corrected chi connectivity index (χ0v) is 65.9. The van der Waals surface area contributed by atoms with Gasteiger partial charge < -0.3 is 40.1 Å². The molecule has 1 saturated heterocycles. The van der Waals surface area contributed by atoms with Gasteiger partial charge in [0, 0.05) is 91.1 Å². The van der Waals surface area contributed by atoms with Crippen molar-refractivity contribution >= 4 is 64.4 Å². The van der Waals surface area contributed by atoms with Crippen LogP contribution in [0.15, 0.2) is 24.8 Å². The number of rotatable bonds is 25. The van der Waals surface area contributed by atoms with Crippen LogP contribution < -0.4 is 10.6 Å². The standard InChI is InChI=1S/C67H114N10O13.C8H16N4/c1-21-23-26-44(13)62(84)50-37-57(81)60(43(11)12)76(20)66(88)48(31-39(3)4)35-56(80)53(33-41(7)8)73(17)65(87)46(15)70-63(85)45(14)34-55(79)52(32-40(5)6)74(18)67(89)49(42(9)10)36-58(82)61(47(16)90-30-25-24-29-77-69-38-68-72-77)75(19)59(83)28-27-54(78)51(22-2)71-64(50)86;1-8(2)5-3-4-6-12-10-7-9-11-12/h21,23,38-53,60-62,84H,22,24-37H2,1-20H3,(H,70,85)(H,71,86);7-8H,3-6H2,1-2H3/b23-21+;/t44-,45-,46-,47-,48-,49+,50+,51+,52+,53+,60+,61+,62-;/m1./s1. The highest BCUT2D eigenvalue weighted by molar-refractivity contribution is 5.99. The van der Waals surface area contributed by atoms with Crippen molar-refractivity contribution in [1.82, 2.24) is 70.6 Å². The van der Waals surface area contributed by atoms with Gasteiger partial charge in [-0.1, -0.05) is 129 Å². The van der Waals surface area contributed by atoms with Crippen molar-refractivity contribution in [3.63, 3.8) is 0 Å². The molecule has 0 unspecified atom stereocenters. The van der Waals surface area contributed by atoms with Crippen LogP contribution >= 0.6 is 0 Å². The fraction of sp³-hybridized carbons (Fsp3) is 0.800. The summed E-state index contributed by atoms with van der Waals surface area (Å²) in [5.74, 6) is -11.2. The number of aliphatic hydroxyl groups is 1. The lowest BCUT2D eigenvalue weighted by molar-refractivity contribution is -0.148. The van der Waals surface area contributed by atoms with E-state index < -0.39 is 161 Å². The Kier molecular flexibility index (Phi) is 41.0. The van der Waals surface area contributed by atoms with E-state index in [1.807, 2.05) is 54.5 Å². The molecule has 13 atom stereocenters. The summed E-state index contributed by atoms with van der Waals surface area (Å²) in [7, 11) is 5.90. The summed E-state index contributed by atoms with van der Waals surface area (Å²) in [6.07, 6.45) is 7.87. The maximum atomic E-state index is 14.9. The Bertz CT molecular complexity index is 2950. The second kappa shape index (κ2) is 45.9. The number of Topliss-reactive ketones (excluding diaryl/α,β-unsaturated/α-hetero) is 5. The first-order chi connectivity index (χ1) is 47.8. The average Bonchev–Trinajstić information content (AvgIpc) is 0.849. The third-order valence-electron chi connectivity index (χ3n) is 19.4. The number of hydrogen-bond donors (Lipinski definition) is 3. The molecule has 0 bridgehead atoms. The van der Waals surface area contributed by atoms with Crippen molar-refractivity contribution in [3.8, 4) is 0 Å². The molecule has 0 aliphatic carbocycles. The molecule has 1 fully saturated rings. The molecule has 27 heteroatoms. The first-order valence-electron chi connectivity index (χ1n) is 37.4. The number of hydrogen-bond acceptors (Lipinski definition) is 19. The summed E-state index contributed by atoms with van der Waals surface area (Å²) >= 11 is 0. The molecule has 102 heavy (non-hydrogen) atoms. The van der Waals surface area contributed by atoms with Crippen molar-refractivity contribution in [2.24, 2.45) is 65.1 Å². The predicted octanol–water partition coefficient (Wildman–Crippen LogP) is 8.16. The third kappa shape index (κ3) is 30.3. The van der Waals surface area contributed by atoms with E-state index in [1.54, 1.807) is 66.3 Å². The molecule has 3 N–H and O–H groups in total. The lowest BCUT2D eigenvalue weighted by Crippen LogP contribution is -2.53. The molecular formula is C75H130N14O13. The van der Waals surface area contributed by atoms with Crippen molar-refractivity contribution in [2.45, 2.75) is 289 Å². The van der Waals surface area contributed by atoms with Gasteiger partial charge in [-0.2, -0.15) is 9.59 Å². The zero-order chi connectivity index (χ0) is 77.4. The van der Waals surface area contributed by atoms with Crippen molar-refractivity contribution < 1.29 is 62.6 Å². The molecule has 2 aromatic heterocycles. The lowest BCUT2D eigenvalue weighted by Gasteiger charge is -2.36. The third-order valence-corrected chi connectivity index (χ3v) is 19.4. The number of nitrogens with one attached hydrogen (secondary N) is 2. The first kappa shape index (κ1) is 91.1. The van der Waals surface area contributed by atoms with Crippen LogP contribution in [0.25, 0.3) is 0 Å². The van der Waals surface area contributed by atoms with E-state index in [1.165, 1.54) is 85.0 Å². The molecule has 0 spiro atoms. The number of aliphatic hydroxyl groups excluding tert-OH is 1. The molecule has 3 rings (SSSR count). The zero-order valence-electron chi connectivity index (χ0n) is 65.9. The second-order valence-corrected chi connectivity index (χ2v) is 30.8. The highest BCUT2D eigenvalue weighted by Crippen LogP contribution is 2.30. The Balaban J connectivity index is 0.00000265. The molecule has 2 aromatic rings. The van der Waals surface area contributed by atoms with Gasteiger partial charge in [0.1, 0.15) is 12.1 Å². The fourth-order valence-electron chi connectivity index (χ4n) is 13.3. The maximum absolute atomic E-state index is 14.9. The first-order valence-corrected chi connectivity index (χ1v) is 37.4. The van der Waals surface area contributed by atoms with Gasteiger partial charge in [0.25, 0.3) is 0 Å². The van der Waals surface area contributed by atoms with E-state index in [4.69, 9.17) is 4.74 Å². The monoisotopic (exact) mass is 1430 g/mol. The Morgan fingerprint density at radius 1 is 0.549 bits per heavy atom. The van der Waals surface area contributed by atoms with Crippen molar-refractivity contribution in [3.05, 3.63) is 24.8 Å². The molecule has 0 radical (unpaired) electrons. The summed E-state index contributed by atoms with van der Waals surface area (Å²) < 4.78 is 6.25. The number of carbonyl (C=O) groups is 11.